The molecule has 0 radical (unpaired) electrons. The summed E-state index contributed by atoms with van der Waals surface area (Å²) in [5.74, 6) is -0.794. The number of carbonyl (C=O) groups excluding carboxylic acids is 1. The van der Waals surface area contributed by atoms with Crippen LogP contribution in [0.4, 0.5) is 0 Å². The van der Waals surface area contributed by atoms with E-state index in [1.807, 2.05) is 13.0 Å². The molecule has 1 amide bonds. The molecule has 5 N–H and O–H groups in total. The Labute approximate surface area is 117 Å². The van der Waals surface area contributed by atoms with E-state index in [9.17, 15) is 15.0 Å². The van der Waals surface area contributed by atoms with Crippen LogP contribution < -0.4 is 11.1 Å². The number of amides is 1. The normalized spacial score (nSPS) is 13.2. The zero-order chi connectivity index (χ0) is 15.1. The summed E-state index contributed by atoms with van der Waals surface area (Å²) in [6, 6.07) is 5.35. The Morgan fingerprint density at radius 1 is 1.45 bits per heavy atom. The number of rotatable bonds is 6. The number of hydrogen-bond donors (Lipinski definition) is 4. The van der Waals surface area contributed by atoms with Crippen molar-refractivity contribution < 1.29 is 15.0 Å². The Hall–Kier alpha value is -2.26. The Kier molecular flexibility index (Phi) is 5.81. The number of phenolic OH excluding ortho intramolecular Hbond substituents is 2. The molecule has 0 aliphatic heterocycles. The average Bonchev–Trinajstić information content (AvgIpc) is 2.42. The lowest BCUT2D eigenvalue weighted by Crippen LogP contribution is -2.46. The number of benzene rings is 1. The molecule has 6 nitrogen and oxygen atoms in total. The van der Waals surface area contributed by atoms with E-state index in [1.54, 1.807) is 6.07 Å². The van der Waals surface area contributed by atoms with E-state index in [2.05, 4.69) is 5.32 Å². The third-order valence-corrected chi connectivity index (χ3v) is 3.01. The Morgan fingerprint density at radius 2 is 2.15 bits per heavy atom. The van der Waals surface area contributed by atoms with Gasteiger partial charge in [-0.3, -0.25) is 4.79 Å². The fourth-order valence-electron chi connectivity index (χ4n) is 1.76. The number of nitrogens with two attached hydrogens (primary N) is 1. The van der Waals surface area contributed by atoms with Gasteiger partial charge < -0.3 is 21.3 Å². The first-order chi connectivity index (χ1) is 9.47. The number of aromatic hydroxyl groups is 2. The molecule has 0 saturated heterocycles. The second kappa shape index (κ2) is 7.36. The minimum atomic E-state index is -0.772. The van der Waals surface area contributed by atoms with Crippen LogP contribution in [0, 0.1) is 11.3 Å². The summed E-state index contributed by atoms with van der Waals surface area (Å²) >= 11 is 0. The highest BCUT2D eigenvalue weighted by Crippen LogP contribution is 2.25. The molecule has 0 heterocycles. The van der Waals surface area contributed by atoms with E-state index in [1.165, 1.54) is 12.1 Å². The third-order valence-electron chi connectivity index (χ3n) is 3.01. The summed E-state index contributed by atoms with van der Waals surface area (Å²) in [5.41, 5.74) is 6.45. The lowest BCUT2D eigenvalue weighted by molar-refractivity contribution is -0.123. The van der Waals surface area contributed by atoms with Crippen LogP contribution in [0.3, 0.4) is 0 Å². The summed E-state index contributed by atoms with van der Waals surface area (Å²) in [4.78, 5) is 11.9. The monoisotopic (exact) mass is 277 g/mol. The number of carbonyl (C=O) groups is 1. The van der Waals surface area contributed by atoms with Crippen molar-refractivity contribution >= 4 is 5.91 Å². The first-order valence-electron chi connectivity index (χ1n) is 6.41. The van der Waals surface area contributed by atoms with Gasteiger partial charge in [-0.25, -0.2) is 0 Å². The van der Waals surface area contributed by atoms with E-state index in [-0.39, 0.29) is 36.3 Å². The molecule has 20 heavy (non-hydrogen) atoms. The summed E-state index contributed by atoms with van der Waals surface area (Å²) in [6.07, 6.45) is 1.14. The van der Waals surface area contributed by atoms with Crippen LogP contribution in [0.2, 0.25) is 0 Å². The van der Waals surface area contributed by atoms with Gasteiger partial charge in [-0.1, -0.05) is 13.0 Å². The maximum atomic E-state index is 11.9. The van der Waals surface area contributed by atoms with Gasteiger partial charge in [-0.15, -0.1) is 0 Å². The van der Waals surface area contributed by atoms with Gasteiger partial charge >= 0.3 is 0 Å². The van der Waals surface area contributed by atoms with Gasteiger partial charge in [0.1, 0.15) is 0 Å². The van der Waals surface area contributed by atoms with E-state index in [0.717, 1.165) is 0 Å². The minimum Gasteiger partial charge on any atom is -0.504 e. The fourth-order valence-corrected chi connectivity index (χ4v) is 1.76. The van der Waals surface area contributed by atoms with Gasteiger partial charge in [0.25, 0.3) is 0 Å². The first kappa shape index (κ1) is 15.8. The number of nitrogens with zero attached hydrogens (tertiary/aromatic N) is 1. The number of phenols is 2. The summed E-state index contributed by atoms with van der Waals surface area (Å²) in [7, 11) is 0. The highest BCUT2D eigenvalue weighted by Gasteiger charge is 2.18. The van der Waals surface area contributed by atoms with E-state index in [4.69, 9.17) is 11.0 Å². The molecular weight excluding hydrogens is 258 g/mol. The van der Waals surface area contributed by atoms with Crippen molar-refractivity contribution in [3.8, 4) is 17.6 Å². The Balaban J connectivity index is 2.61. The summed E-state index contributed by atoms with van der Waals surface area (Å²) in [5, 5.41) is 29.9. The minimum absolute atomic E-state index is 0.202. The van der Waals surface area contributed by atoms with Crippen LogP contribution >= 0.6 is 0 Å². The number of nitriles is 1. The largest absolute Gasteiger partial charge is 0.504 e. The predicted octanol–water partition coefficient (Wildman–Crippen LogP) is 0.776. The van der Waals surface area contributed by atoms with Crippen molar-refractivity contribution in [2.75, 3.05) is 0 Å². The van der Waals surface area contributed by atoms with Gasteiger partial charge in [0, 0.05) is 6.04 Å². The Bertz CT molecular complexity index is 511. The first-order valence-corrected chi connectivity index (χ1v) is 6.41. The molecule has 108 valence electrons. The number of nitrogens with one attached hydrogen (secondary N) is 1. The predicted molar refractivity (Wildman–Crippen MR) is 73.9 cm³/mol. The molecular formula is C14H19N3O3. The molecule has 0 bridgehead atoms. The van der Waals surface area contributed by atoms with Crippen molar-refractivity contribution in [2.45, 2.75) is 38.3 Å². The summed E-state index contributed by atoms with van der Waals surface area (Å²) in [6.45, 7) is 1.88. The topological polar surface area (TPSA) is 119 Å². The molecule has 0 spiro atoms. The van der Waals surface area contributed by atoms with Gasteiger partial charge in [-0.05, 0) is 30.5 Å². The van der Waals surface area contributed by atoms with Crippen molar-refractivity contribution in [3.05, 3.63) is 23.8 Å². The van der Waals surface area contributed by atoms with Crippen molar-refractivity contribution in [2.24, 2.45) is 5.73 Å². The number of hydrogen-bond acceptors (Lipinski definition) is 5. The van der Waals surface area contributed by atoms with Gasteiger partial charge in [-0.2, -0.15) is 5.26 Å². The SMILES string of the molecule is CCC(CC#N)NC(=O)[C@@H](N)Cc1ccc(O)c(O)c1. The molecule has 1 rings (SSSR count). The molecule has 0 aliphatic rings. The molecule has 0 saturated carbocycles. The fraction of sp³-hybridized carbons (Fsp3) is 0.429. The maximum absolute atomic E-state index is 11.9. The second-order valence-corrected chi connectivity index (χ2v) is 4.61. The average molecular weight is 277 g/mol. The quantitative estimate of drug-likeness (QED) is 0.573. The van der Waals surface area contributed by atoms with Crippen molar-refractivity contribution in [1.82, 2.24) is 5.32 Å². The highest BCUT2D eigenvalue weighted by atomic mass is 16.3. The maximum Gasteiger partial charge on any atom is 0.237 e. The van der Waals surface area contributed by atoms with Crippen LogP contribution in [0.15, 0.2) is 18.2 Å². The van der Waals surface area contributed by atoms with Gasteiger partial charge in [0.2, 0.25) is 5.91 Å². The molecule has 0 aliphatic carbocycles. The zero-order valence-corrected chi connectivity index (χ0v) is 11.3. The lowest BCUT2D eigenvalue weighted by Gasteiger charge is -2.17. The lowest BCUT2D eigenvalue weighted by atomic mass is 10.0. The van der Waals surface area contributed by atoms with Crippen molar-refractivity contribution in [1.29, 1.82) is 5.26 Å². The van der Waals surface area contributed by atoms with E-state index < -0.39 is 6.04 Å². The molecule has 6 heteroatoms. The molecule has 0 fully saturated rings. The molecule has 0 aromatic heterocycles. The zero-order valence-electron chi connectivity index (χ0n) is 11.3. The van der Waals surface area contributed by atoms with Crippen LogP contribution in [0.1, 0.15) is 25.3 Å². The molecule has 1 aromatic carbocycles. The standard InChI is InChI=1S/C14H19N3O3/c1-2-10(5-6-15)17-14(20)11(16)7-9-3-4-12(18)13(19)8-9/h3-4,8,10-11,18-19H,2,5,7,16H2,1H3,(H,17,20)/t10?,11-/m0/s1. The van der Waals surface area contributed by atoms with Crippen LogP contribution in [-0.4, -0.2) is 28.2 Å². The van der Waals surface area contributed by atoms with Crippen LogP contribution in [-0.2, 0) is 11.2 Å². The smallest absolute Gasteiger partial charge is 0.237 e. The van der Waals surface area contributed by atoms with Crippen molar-refractivity contribution in [3.63, 3.8) is 0 Å². The Morgan fingerprint density at radius 3 is 2.70 bits per heavy atom. The van der Waals surface area contributed by atoms with E-state index in [0.29, 0.717) is 12.0 Å². The van der Waals surface area contributed by atoms with E-state index >= 15 is 0 Å². The molecule has 1 unspecified atom stereocenters. The van der Waals surface area contributed by atoms with Crippen LogP contribution in [0.5, 0.6) is 11.5 Å². The van der Waals surface area contributed by atoms with Crippen LogP contribution in [0.25, 0.3) is 0 Å². The molecule has 2 atom stereocenters. The molecule has 1 aromatic rings. The highest BCUT2D eigenvalue weighted by molar-refractivity contribution is 5.82. The second-order valence-electron chi connectivity index (χ2n) is 4.61. The third kappa shape index (κ3) is 4.44. The van der Waals surface area contributed by atoms with Gasteiger partial charge in [0.15, 0.2) is 11.5 Å². The van der Waals surface area contributed by atoms with Gasteiger partial charge in [0.05, 0.1) is 18.5 Å². The summed E-state index contributed by atoms with van der Waals surface area (Å²) < 4.78 is 0.